The molecule has 0 radical (unpaired) electrons. The van der Waals surface area contributed by atoms with Gasteiger partial charge >= 0.3 is 0 Å². The first-order chi connectivity index (χ1) is 14.0. The van der Waals surface area contributed by atoms with E-state index in [1.165, 1.54) is 6.07 Å². The summed E-state index contributed by atoms with van der Waals surface area (Å²) in [5.74, 6) is -0.656. The van der Waals surface area contributed by atoms with E-state index in [9.17, 15) is 9.18 Å². The van der Waals surface area contributed by atoms with Crippen LogP contribution in [-0.4, -0.2) is 48.8 Å². The summed E-state index contributed by atoms with van der Waals surface area (Å²) in [6.07, 6.45) is 1.84. The Bertz CT molecular complexity index is 852. The molecule has 6 heteroatoms. The quantitative estimate of drug-likeness (QED) is 0.809. The molecule has 4 rings (SSSR count). The number of likely N-dealkylation sites (tertiary alicyclic amines) is 1. The molecule has 1 N–H and O–H groups in total. The number of hydrogen-bond donors (Lipinski definition) is 1. The van der Waals surface area contributed by atoms with Crippen LogP contribution in [-0.2, 0) is 20.9 Å². The third-order valence-electron chi connectivity index (χ3n) is 5.69. The second kappa shape index (κ2) is 8.61. The Hall–Kier alpha value is -2.28. The summed E-state index contributed by atoms with van der Waals surface area (Å²) in [4.78, 5) is 14.6. The summed E-state index contributed by atoms with van der Waals surface area (Å²) < 4.78 is 26.3. The van der Waals surface area contributed by atoms with Crippen molar-refractivity contribution in [3.63, 3.8) is 0 Å². The molecule has 2 aliphatic heterocycles. The maximum atomic E-state index is 13.9. The fourth-order valence-corrected chi connectivity index (χ4v) is 4.27. The van der Waals surface area contributed by atoms with Crippen LogP contribution in [0.25, 0.3) is 0 Å². The SMILES string of the molecule is Cc1ccc(F)c(NC(=O)CN2C[C@H](OCc3ccccc3)[C@]3(CCCO3)C2)c1. The summed E-state index contributed by atoms with van der Waals surface area (Å²) in [6.45, 7) is 4.56. The van der Waals surface area contributed by atoms with Gasteiger partial charge in [-0.2, -0.15) is 0 Å². The van der Waals surface area contributed by atoms with Crippen LogP contribution in [0.15, 0.2) is 48.5 Å². The zero-order chi connectivity index (χ0) is 20.3. The number of anilines is 1. The van der Waals surface area contributed by atoms with E-state index in [-0.39, 0.29) is 29.8 Å². The molecule has 2 aliphatic rings. The van der Waals surface area contributed by atoms with Gasteiger partial charge < -0.3 is 14.8 Å². The Morgan fingerprint density at radius 1 is 1.31 bits per heavy atom. The molecule has 2 fully saturated rings. The van der Waals surface area contributed by atoms with Crippen molar-refractivity contribution in [1.29, 1.82) is 0 Å². The van der Waals surface area contributed by atoms with Crippen molar-refractivity contribution in [2.75, 3.05) is 31.6 Å². The highest BCUT2D eigenvalue weighted by Gasteiger charge is 2.50. The van der Waals surface area contributed by atoms with Crippen molar-refractivity contribution in [2.24, 2.45) is 0 Å². The van der Waals surface area contributed by atoms with Gasteiger partial charge in [0.2, 0.25) is 5.91 Å². The zero-order valence-electron chi connectivity index (χ0n) is 16.7. The number of aryl methyl sites for hydroxylation is 1. The standard InChI is InChI=1S/C23H27FN2O3/c1-17-8-9-19(24)20(12-17)25-22(27)14-26-13-21(23(16-26)10-5-11-29-23)28-15-18-6-3-2-4-7-18/h2-4,6-9,12,21H,5,10-11,13-16H2,1H3,(H,25,27)/t21-,23-/m0/s1. The number of benzene rings is 2. The van der Waals surface area contributed by atoms with E-state index in [1.54, 1.807) is 12.1 Å². The molecule has 2 aromatic rings. The van der Waals surface area contributed by atoms with Crippen molar-refractivity contribution in [2.45, 2.75) is 38.1 Å². The molecule has 154 valence electrons. The first-order valence-corrected chi connectivity index (χ1v) is 10.1. The molecule has 2 aromatic carbocycles. The van der Waals surface area contributed by atoms with Gasteiger partial charge in [-0.05, 0) is 43.0 Å². The Labute approximate surface area is 170 Å². The van der Waals surface area contributed by atoms with E-state index in [2.05, 4.69) is 5.32 Å². The predicted octanol–water partition coefficient (Wildman–Crippen LogP) is 3.52. The molecular formula is C23H27FN2O3. The van der Waals surface area contributed by atoms with Gasteiger partial charge in [0.25, 0.3) is 0 Å². The molecule has 0 bridgehead atoms. The van der Waals surface area contributed by atoms with E-state index in [0.29, 0.717) is 19.7 Å². The molecule has 0 unspecified atom stereocenters. The highest BCUT2D eigenvalue weighted by atomic mass is 19.1. The lowest BCUT2D eigenvalue weighted by Crippen LogP contribution is -2.42. The third-order valence-corrected chi connectivity index (χ3v) is 5.69. The summed E-state index contributed by atoms with van der Waals surface area (Å²) >= 11 is 0. The summed E-state index contributed by atoms with van der Waals surface area (Å²) in [5, 5.41) is 2.69. The molecular weight excluding hydrogens is 371 g/mol. The minimum atomic E-state index is -0.426. The van der Waals surface area contributed by atoms with Crippen LogP contribution in [0.2, 0.25) is 0 Å². The smallest absolute Gasteiger partial charge is 0.238 e. The molecule has 1 amide bonds. The van der Waals surface area contributed by atoms with Gasteiger partial charge in [-0.1, -0.05) is 36.4 Å². The molecule has 2 saturated heterocycles. The number of halogens is 1. The Morgan fingerprint density at radius 2 is 2.14 bits per heavy atom. The van der Waals surface area contributed by atoms with Crippen LogP contribution in [0.4, 0.5) is 10.1 Å². The minimum absolute atomic E-state index is 0.0892. The minimum Gasteiger partial charge on any atom is -0.371 e. The van der Waals surface area contributed by atoms with Crippen molar-refractivity contribution in [3.05, 3.63) is 65.5 Å². The lowest BCUT2D eigenvalue weighted by molar-refractivity contribution is -0.117. The van der Waals surface area contributed by atoms with Crippen LogP contribution in [0.3, 0.4) is 0 Å². The molecule has 2 atom stereocenters. The van der Waals surface area contributed by atoms with Gasteiger partial charge in [-0.25, -0.2) is 4.39 Å². The molecule has 5 nitrogen and oxygen atoms in total. The Kier molecular flexibility index (Phi) is 5.94. The zero-order valence-corrected chi connectivity index (χ0v) is 16.7. The maximum absolute atomic E-state index is 13.9. The van der Waals surface area contributed by atoms with Gasteiger partial charge in [0.05, 0.1) is 18.8 Å². The number of amides is 1. The first-order valence-electron chi connectivity index (χ1n) is 10.1. The topological polar surface area (TPSA) is 50.8 Å². The van der Waals surface area contributed by atoms with E-state index in [0.717, 1.165) is 30.6 Å². The molecule has 2 heterocycles. The second-order valence-electron chi connectivity index (χ2n) is 8.00. The Balaban J connectivity index is 1.38. The van der Waals surface area contributed by atoms with E-state index in [4.69, 9.17) is 9.47 Å². The van der Waals surface area contributed by atoms with Gasteiger partial charge in [-0.15, -0.1) is 0 Å². The first kappa shape index (κ1) is 20.0. The average Bonchev–Trinajstić information content (AvgIpc) is 3.31. The molecule has 0 aliphatic carbocycles. The Morgan fingerprint density at radius 3 is 2.90 bits per heavy atom. The number of nitrogens with one attached hydrogen (secondary N) is 1. The fourth-order valence-electron chi connectivity index (χ4n) is 4.27. The van der Waals surface area contributed by atoms with Crippen LogP contribution in [0.5, 0.6) is 0 Å². The van der Waals surface area contributed by atoms with Gasteiger partial charge in [0.1, 0.15) is 17.5 Å². The van der Waals surface area contributed by atoms with E-state index < -0.39 is 5.82 Å². The number of carbonyl (C=O) groups excluding carboxylic acids is 1. The van der Waals surface area contributed by atoms with Crippen molar-refractivity contribution >= 4 is 11.6 Å². The molecule has 1 spiro atoms. The molecule has 0 saturated carbocycles. The number of carbonyl (C=O) groups is 1. The highest BCUT2D eigenvalue weighted by molar-refractivity contribution is 5.92. The monoisotopic (exact) mass is 398 g/mol. The molecule has 0 aromatic heterocycles. The van der Waals surface area contributed by atoms with Crippen LogP contribution in [0, 0.1) is 12.7 Å². The fraction of sp³-hybridized carbons (Fsp3) is 0.435. The average molecular weight is 398 g/mol. The third kappa shape index (κ3) is 4.66. The van der Waals surface area contributed by atoms with Crippen LogP contribution in [0.1, 0.15) is 24.0 Å². The van der Waals surface area contributed by atoms with E-state index >= 15 is 0 Å². The number of hydrogen-bond acceptors (Lipinski definition) is 4. The predicted molar refractivity (Wildman–Crippen MR) is 109 cm³/mol. The number of nitrogens with zero attached hydrogens (tertiary/aromatic N) is 1. The summed E-state index contributed by atoms with van der Waals surface area (Å²) in [7, 11) is 0. The number of rotatable bonds is 6. The molecule has 29 heavy (non-hydrogen) atoms. The normalized spacial score (nSPS) is 24.3. The van der Waals surface area contributed by atoms with Gasteiger partial charge in [-0.3, -0.25) is 9.69 Å². The van der Waals surface area contributed by atoms with Gasteiger partial charge in [0.15, 0.2) is 0 Å². The second-order valence-corrected chi connectivity index (χ2v) is 8.00. The van der Waals surface area contributed by atoms with Crippen LogP contribution >= 0.6 is 0 Å². The lowest BCUT2D eigenvalue weighted by atomic mass is 9.96. The summed E-state index contributed by atoms with van der Waals surface area (Å²) in [6, 6.07) is 14.8. The van der Waals surface area contributed by atoms with Crippen molar-refractivity contribution < 1.29 is 18.7 Å². The van der Waals surface area contributed by atoms with E-state index in [1.807, 2.05) is 42.2 Å². The lowest BCUT2D eigenvalue weighted by Gasteiger charge is -2.29. The highest BCUT2D eigenvalue weighted by Crippen LogP contribution is 2.37. The van der Waals surface area contributed by atoms with Crippen LogP contribution < -0.4 is 5.32 Å². The number of ether oxygens (including phenoxy) is 2. The maximum Gasteiger partial charge on any atom is 0.238 e. The van der Waals surface area contributed by atoms with Crippen molar-refractivity contribution in [1.82, 2.24) is 4.90 Å². The van der Waals surface area contributed by atoms with Gasteiger partial charge in [0, 0.05) is 19.7 Å². The summed E-state index contributed by atoms with van der Waals surface area (Å²) in [5.41, 5.74) is 1.88. The van der Waals surface area contributed by atoms with Crippen molar-refractivity contribution in [3.8, 4) is 0 Å². The largest absolute Gasteiger partial charge is 0.371 e.